The maximum atomic E-state index is 4.45. The fraction of sp³-hybridized carbons (Fsp3) is 0.364. The first kappa shape index (κ1) is 10.4. The number of hydrogen-bond acceptors (Lipinski definition) is 3. The summed E-state index contributed by atoms with van der Waals surface area (Å²) in [5.41, 5.74) is 1.09. The van der Waals surface area contributed by atoms with Crippen molar-refractivity contribution in [2.45, 2.75) is 13.0 Å². The molecule has 1 N–H and O–H groups in total. The maximum Gasteiger partial charge on any atom is 0.0863 e. The highest BCUT2D eigenvalue weighted by Crippen LogP contribution is 2.24. The van der Waals surface area contributed by atoms with Crippen molar-refractivity contribution < 1.29 is 0 Å². The Morgan fingerprint density at radius 1 is 1.53 bits per heavy atom. The zero-order valence-electron chi connectivity index (χ0n) is 8.97. The Hall–Kier alpha value is -1.13. The first-order valence-corrected chi connectivity index (χ1v) is 5.95. The van der Waals surface area contributed by atoms with Crippen LogP contribution in [0, 0.1) is 0 Å². The molecule has 0 amide bonds. The van der Waals surface area contributed by atoms with Crippen LogP contribution in [0.25, 0.3) is 0 Å². The summed E-state index contributed by atoms with van der Waals surface area (Å²) in [6.07, 6.45) is 1.98. The maximum absolute atomic E-state index is 4.45. The number of hydrogen-bond donors (Lipinski definition) is 1. The Kier molecular flexibility index (Phi) is 3.18. The van der Waals surface area contributed by atoms with Gasteiger partial charge in [-0.15, -0.1) is 11.3 Å². The number of aromatic nitrogens is 2. The summed E-state index contributed by atoms with van der Waals surface area (Å²) < 4.78 is 1.84. The van der Waals surface area contributed by atoms with Crippen molar-refractivity contribution in [3.05, 3.63) is 40.3 Å². The van der Waals surface area contributed by atoms with Crippen LogP contribution in [0.1, 0.15) is 23.5 Å². The van der Waals surface area contributed by atoms with Crippen LogP contribution in [-0.4, -0.2) is 16.3 Å². The predicted molar refractivity (Wildman–Crippen MR) is 63.0 cm³/mol. The largest absolute Gasteiger partial charge is 0.305 e. The van der Waals surface area contributed by atoms with E-state index >= 15 is 0 Å². The van der Waals surface area contributed by atoms with E-state index in [4.69, 9.17) is 0 Å². The number of aryl methyl sites for hydroxylation is 1. The van der Waals surface area contributed by atoms with Gasteiger partial charge in [-0.05, 0) is 24.1 Å². The molecule has 1 unspecified atom stereocenters. The topological polar surface area (TPSA) is 29.9 Å². The van der Waals surface area contributed by atoms with E-state index in [-0.39, 0.29) is 6.04 Å². The second-order valence-electron chi connectivity index (χ2n) is 3.42. The molecule has 1 atom stereocenters. The third-order valence-electron chi connectivity index (χ3n) is 2.27. The summed E-state index contributed by atoms with van der Waals surface area (Å²) in [5.74, 6) is 0. The van der Waals surface area contributed by atoms with Crippen molar-refractivity contribution in [1.82, 2.24) is 15.1 Å². The summed E-state index contributed by atoms with van der Waals surface area (Å²) in [6, 6.07) is 6.52. The molecule has 2 heterocycles. The molecule has 0 aliphatic heterocycles. The first-order chi connectivity index (χ1) is 7.31. The fourth-order valence-electron chi connectivity index (χ4n) is 1.60. The lowest BCUT2D eigenvalue weighted by molar-refractivity contribution is 0.607. The molecule has 0 saturated carbocycles. The van der Waals surface area contributed by atoms with Crippen LogP contribution in [-0.2, 0) is 7.05 Å². The standard InChI is InChI=1S/C11H15N3S/c1-3-12-11(10-5-4-8-15-10)9-6-7-14(2)13-9/h4-8,11-12H,3H2,1-2H3. The molecule has 3 nitrogen and oxygen atoms in total. The minimum absolute atomic E-state index is 0.233. The van der Waals surface area contributed by atoms with Gasteiger partial charge in [-0.2, -0.15) is 5.10 Å². The van der Waals surface area contributed by atoms with Gasteiger partial charge in [-0.1, -0.05) is 13.0 Å². The monoisotopic (exact) mass is 221 g/mol. The Morgan fingerprint density at radius 2 is 2.40 bits per heavy atom. The van der Waals surface area contributed by atoms with Gasteiger partial charge in [-0.3, -0.25) is 4.68 Å². The van der Waals surface area contributed by atoms with Gasteiger partial charge in [0.15, 0.2) is 0 Å². The molecule has 4 heteroatoms. The number of thiophene rings is 1. The molecule has 0 saturated heterocycles. The van der Waals surface area contributed by atoms with Crippen molar-refractivity contribution in [3.8, 4) is 0 Å². The van der Waals surface area contributed by atoms with Crippen LogP contribution < -0.4 is 5.32 Å². The van der Waals surface area contributed by atoms with Crippen LogP contribution in [0.15, 0.2) is 29.8 Å². The van der Waals surface area contributed by atoms with Gasteiger partial charge in [-0.25, -0.2) is 0 Å². The molecule has 2 aromatic heterocycles. The molecule has 80 valence electrons. The average Bonchev–Trinajstić information content (AvgIpc) is 2.85. The van der Waals surface area contributed by atoms with Crippen LogP contribution >= 0.6 is 11.3 Å². The van der Waals surface area contributed by atoms with Crippen molar-refractivity contribution >= 4 is 11.3 Å². The van der Waals surface area contributed by atoms with E-state index in [9.17, 15) is 0 Å². The molecule has 15 heavy (non-hydrogen) atoms. The molecular weight excluding hydrogens is 206 g/mol. The molecule has 0 aromatic carbocycles. The van der Waals surface area contributed by atoms with Gasteiger partial charge in [0.1, 0.15) is 0 Å². The van der Waals surface area contributed by atoms with Gasteiger partial charge in [0.2, 0.25) is 0 Å². The van der Waals surface area contributed by atoms with E-state index in [1.807, 2.05) is 17.9 Å². The van der Waals surface area contributed by atoms with Crippen molar-refractivity contribution in [2.75, 3.05) is 6.54 Å². The van der Waals surface area contributed by atoms with Gasteiger partial charge < -0.3 is 5.32 Å². The van der Waals surface area contributed by atoms with Crippen LogP contribution in [0.3, 0.4) is 0 Å². The molecule has 0 aliphatic rings. The SMILES string of the molecule is CCNC(c1ccn(C)n1)c1cccs1. The van der Waals surface area contributed by atoms with Crippen molar-refractivity contribution in [3.63, 3.8) is 0 Å². The number of nitrogens with zero attached hydrogens (tertiary/aromatic N) is 2. The molecule has 2 rings (SSSR count). The fourth-order valence-corrected chi connectivity index (χ4v) is 2.41. The minimum Gasteiger partial charge on any atom is -0.305 e. The average molecular weight is 221 g/mol. The molecular formula is C11H15N3S. The van der Waals surface area contributed by atoms with E-state index in [1.54, 1.807) is 11.3 Å². The summed E-state index contributed by atoms with van der Waals surface area (Å²) in [7, 11) is 1.95. The summed E-state index contributed by atoms with van der Waals surface area (Å²) >= 11 is 1.76. The number of rotatable bonds is 4. The van der Waals surface area contributed by atoms with Crippen LogP contribution in [0.5, 0.6) is 0 Å². The van der Waals surface area contributed by atoms with Crippen LogP contribution in [0.4, 0.5) is 0 Å². The second kappa shape index (κ2) is 4.59. The van der Waals surface area contributed by atoms with E-state index < -0.39 is 0 Å². The summed E-state index contributed by atoms with van der Waals surface area (Å²) in [5, 5.41) is 10.00. The summed E-state index contributed by atoms with van der Waals surface area (Å²) in [4.78, 5) is 1.32. The van der Waals surface area contributed by atoms with E-state index in [1.165, 1.54) is 4.88 Å². The summed E-state index contributed by atoms with van der Waals surface area (Å²) in [6.45, 7) is 3.06. The third-order valence-corrected chi connectivity index (χ3v) is 3.20. The van der Waals surface area contributed by atoms with Crippen molar-refractivity contribution in [1.29, 1.82) is 0 Å². The molecule has 0 aliphatic carbocycles. The predicted octanol–water partition coefficient (Wildman–Crippen LogP) is 2.18. The highest BCUT2D eigenvalue weighted by atomic mass is 32.1. The van der Waals surface area contributed by atoms with E-state index in [2.05, 4.69) is 40.9 Å². The van der Waals surface area contributed by atoms with Gasteiger partial charge in [0.25, 0.3) is 0 Å². The van der Waals surface area contributed by atoms with E-state index in [0.29, 0.717) is 0 Å². The lowest BCUT2D eigenvalue weighted by atomic mass is 10.2. The molecule has 2 aromatic rings. The van der Waals surface area contributed by atoms with Gasteiger partial charge in [0.05, 0.1) is 11.7 Å². The van der Waals surface area contributed by atoms with Gasteiger partial charge >= 0.3 is 0 Å². The third kappa shape index (κ3) is 2.27. The highest BCUT2D eigenvalue weighted by Gasteiger charge is 2.15. The molecule has 0 fully saturated rings. The Bertz CT molecular complexity index is 405. The quantitative estimate of drug-likeness (QED) is 0.857. The van der Waals surface area contributed by atoms with Gasteiger partial charge in [0, 0.05) is 18.1 Å². The van der Waals surface area contributed by atoms with Crippen LogP contribution in [0.2, 0.25) is 0 Å². The minimum atomic E-state index is 0.233. The zero-order valence-corrected chi connectivity index (χ0v) is 9.79. The smallest absolute Gasteiger partial charge is 0.0863 e. The molecule has 0 bridgehead atoms. The Balaban J connectivity index is 2.27. The lowest BCUT2D eigenvalue weighted by Crippen LogP contribution is -2.21. The molecule has 0 spiro atoms. The Morgan fingerprint density at radius 3 is 2.93 bits per heavy atom. The Labute approximate surface area is 93.7 Å². The lowest BCUT2D eigenvalue weighted by Gasteiger charge is -2.13. The number of nitrogens with one attached hydrogen (secondary N) is 1. The zero-order chi connectivity index (χ0) is 10.7. The first-order valence-electron chi connectivity index (χ1n) is 5.07. The van der Waals surface area contributed by atoms with E-state index in [0.717, 1.165) is 12.2 Å². The highest BCUT2D eigenvalue weighted by molar-refractivity contribution is 7.10. The normalized spacial score (nSPS) is 12.9. The second-order valence-corrected chi connectivity index (χ2v) is 4.40. The molecule has 0 radical (unpaired) electrons. The van der Waals surface area contributed by atoms with Crippen molar-refractivity contribution in [2.24, 2.45) is 7.05 Å².